The number of carbonyl (C=O) groups is 1. The lowest BCUT2D eigenvalue weighted by molar-refractivity contribution is -0.161. The maximum absolute atomic E-state index is 13.3. The van der Waals surface area contributed by atoms with Crippen LogP contribution in [0, 0.1) is 23.2 Å². The molecule has 1 saturated heterocycles. The van der Waals surface area contributed by atoms with Gasteiger partial charge in [0.15, 0.2) is 9.84 Å². The Kier molecular flexibility index (Phi) is 3.06. The van der Waals surface area contributed by atoms with E-state index in [1.54, 1.807) is 0 Å². The Morgan fingerprint density at radius 1 is 1.05 bits per heavy atom. The quantitative estimate of drug-likeness (QED) is 0.782. The van der Waals surface area contributed by atoms with E-state index in [9.17, 15) is 13.2 Å². The predicted molar refractivity (Wildman–Crippen MR) is 85.1 cm³/mol. The summed E-state index contributed by atoms with van der Waals surface area (Å²) in [6, 6.07) is 0. The Balaban J connectivity index is 1.59. The van der Waals surface area contributed by atoms with Crippen LogP contribution in [0.1, 0.15) is 51.9 Å². The van der Waals surface area contributed by atoms with Gasteiger partial charge in [-0.15, -0.1) is 0 Å². The molecule has 4 bridgehead atoms. The first-order valence-corrected chi connectivity index (χ1v) is 10.5. The Bertz CT molecular complexity index is 576. The Morgan fingerprint density at radius 2 is 1.55 bits per heavy atom. The van der Waals surface area contributed by atoms with Crippen molar-refractivity contribution in [2.75, 3.05) is 18.6 Å². The second-order valence-electron chi connectivity index (χ2n) is 8.90. The minimum atomic E-state index is -2.98. The molecule has 5 heteroatoms. The van der Waals surface area contributed by atoms with Gasteiger partial charge in [0.1, 0.15) is 0 Å². The van der Waals surface area contributed by atoms with Gasteiger partial charge in [0.05, 0.1) is 22.5 Å². The fraction of sp³-hybridized carbons (Fsp3) is 0.941. The molecule has 0 aromatic heterocycles. The maximum Gasteiger partial charge on any atom is 0.229 e. The molecule has 5 aliphatic rings. The van der Waals surface area contributed by atoms with Gasteiger partial charge in [0, 0.05) is 7.05 Å². The summed E-state index contributed by atoms with van der Waals surface area (Å²) in [4.78, 5) is 15.2. The molecule has 22 heavy (non-hydrogen) atoms. The van der Waals surface area contributed by atoms with Crippen LogP contribution in [0.2, 0.25) is 0 Å². The molecule has 5 fully saturated rings. The third-order valence-electron chi connectivity index (χ3n) is 7.09. The van der Waals surface area contributed by atoms with Crippen LogP contribution in [0.15, 0.2) is 0 Å². The van der Waals surface area contributed by atoms with Crippen LogP contribution in [0.25, 0.3) is 0 Å². The van der Waals surface area contributed by atoms with Crippen molar-refractivity contribution in [3.05, 3.63) is 0 Å². The van der Waals surface area contributed by atoms with Crippen LogP contribution in [0.5, 0.6) is 0 Å². The minimum Gasteiger partial charge on any atom is -0.339 e. The standard InChI is InChI=1S/C17H27NO3S/c1-16(3-4-22(20,21)11-16)18(2)15(19)17-8-12-5-13(9-17)7-14(6-12)10-17/h12-14H,3-11H2,1-2H3/t12?,13?,14?,16-,17?/m0/s1. The number of hydrogen-bond acceptors (Lipinski definition) is 3. The lowest BCUT2D eigenvalue weighted by atomic mass is 9.49. The molecule has 0 radical (unpaired) electrons. The third kappa shape index (κ3) is 2.15. The van der Waals surface area contributed by atoms with Crippen LogP contribution in [0.3, 0.4) is 0 Å². The number of nitrogens with zero attached hydrogens (tertiary/aromatic N) is 1. The number of hydrogen-bond donors (Lipinski definition) is 0. The summed E-state index contributed by atoms with van der Waals surface area (Å²) < 4.78 is 23.8. The van der Waals surface area contributed by atoms with Crippen molar-refractivity contribution in [3.8, 4) is 0 Å². The monoisotopic (exact) mass is 325 g/mol. The molecular formula is C17H27NO3S. The SMILES string of the molecule is CN(C(=O)C12CC3CC(CC(C3)C1)C2)[C@@]1(C)CCS(=O)(=O)C1. The highest BCUT2D eigenvalue weighted by Gasteiger charge is 2.57. The van der Waals surface area contributed by atoms with Gasteiger partial charge in [-0.1, -0.05) is 0 Å². The highest BCUT2D eigenvalue weighted by molar-refractivity contribution is 7.91. The molecule has 0 N–H and O–H groups in total. The van der Waals surface area contributed by atoms with Crippen LogP contribution >= 0.6 is 0 Å². The Hall–Kier alpha value is -0.580. The highest BCUT2D eigenvalue weighted by atomic mass is 32.2. The molecule has 1 amide bonds. The van der Waals surface area contributed by atoms with E-state index in [1.165, 1.54) is 19.3 Å². The zero-order chi connectivity index (χ0) is 15.8. The van der Waals surface area contributed by atoms with E-state index in [4.69, 9.17) is 0 Å². The van der Waals surface area contributed by atoms with Gasteiger partial charge >= 0.3 is 0 Å². The smallest absolute Gasteiger partial charge is 0.229 e. The lowest BCUT2D eigenvalue weighted by Gasteiger charge is -2.57. The van der Waals surface area contributed by atoms with Gasteiger partial charge in [0.2, 0.25) is 5.91 Å². The van der Waals surface area contributed by atoms with Crippen molar-refractivity contribution < 1.29 is 13.2 Å². The fourth-order valence-electron chi connectivity index (χ4n) is 6.23. The highest BCUT2D eigenvalue weighted by Crippen LogP contribution is 2.60. The van der Waals surface area contributed by atoms with E-state index >= 15 is 0 Å². The first-order chi connectivity index (χ1) is 10.2. The van der Waals surface area contributed by atoms with E-state index in [0.29, 0.717) is 6.42 Å². The van der Waals surface area contributed by atoms with Crippen molar-refractivity contribution in [1.82, 2.24) is 4.90 Å². The zero-order valence-corrected chi connectivity index (χ0v) is 14.5. The topological polar surface area (TPSA) is 54.5 Å². The largest absolute Gasteiger partial charge is 0.339 e. The van der Waals surface area contributed by atoms with Crippen LogP contribution in [0.4, 0.5) is 0 Å². The van der Waals surface area contributed by atoms with Crippen LogP contribution in [-0.4, -0.2) is 43.3 Å². The van der Waals surface area contributed by atoms with Crippen molar-refractivity contribution in [1.29, 1.82) is 0 Å². The first kappa shape index (κ1) is 15.0. The molecule has 0 unspecified atom stereocenters. The molecule has 0 spiro atoms. The van der Waals surface area contributed by atoms with Gasteiger partial charge in [0.25, 0.3) is 0 Å². The van der Waals surface area contributed by atoms with Crippen LogP contribution < -0.4 is 0 Å². The molecule has 4 nitrogen and oxygen atoms in total. The van der Waals surface area contributed by atoms with Crippen molar-refractivity contribution >= 4 is 15.7 Å². The second-order valence-corrected chi connectivity index (χ2v) is 11.1. The molecular weight excluding hydrogens is 298 g/mol. The normalized spacial score (nSPS) is 48.5. The second kappa shape index (κ2) is 4.49. The number of sulfone groups is 1. The van der Waals surface area contributed by atoms with Gasteiger partial charge in [-0.25, -0.2) is 8.42 Å². The summed E-state index contributed by atoms with van der Waals surface area (Å²) in [7, 11) is -1.13. The van der Waals surface area contributed by atoms with E-state index in [2.05, 4.69) is 0 Å². The maximum atomic E-state index is 13.3. The average molecular weight is 325 g/mol. The van der Waals surface area contributed by atoms with Crippen molar-refractivity contribution in [2.45, 2.75) is 57.4 Å². The molecule has 1 atom stereocenters. The van der Waals surface area contributed by atoms with Crippen molar-refractivity contribution in [2.24, 2.45) is 23.2 Å². The van der Waals surface area contributed by atoms with Crippen LogP contribution in [-0.2, 0) is 14.6 Å². The number of rotatable bonds is 2. The summed E-state index contributed by atoms with van der Waals surface area (Å²) in [5.41, 5.74) is -0.669. The van der Waals surface area contributed by atoms with Gasteiger partial charge in [-0.3, -0.25) is 4.79 Å². The summed E-state index contributed by atoms with van der Waals surface area (Å²) >= 11 is 0. The predicted octanol–water partition coefficient (Wildman–Crippen LogP) is 2.24. The summed E-state index contributed by atoms with van der Waals surface area (Å²) in [6.07, 6.45) is 7.69. The number of carbonyl (C=O) groups excluding carboxylic acids is 1. The first-order valence-electron chi connectivity index (χ1n) is 8.70. The van der Waals surface area contributed by atoms with E-state index in [0.717, 1.165) is 37.0 Å². The number of amides is 1. The van der Waals surface area contributed by atoms with Crippen molar-refractivity contribution in [3.63, 3.8) is 0 Å². The summed E-state index contributed by atoms with van der Waals surface area (Å²) in [6.45, 7) is 1.95. The zero-order valence-electron chi connectivity index (χ0n) is 13.7. The molecule has 124 valence electrons. The van der Waals surface area contributed by atoms with Gasteiger partial charge in [-0.05, 0) is 69.6 Å². The summed E-state index contributed by atoms with van der Waals surface area (Å²) in [5, 5.41) is 0. The minimum absolute atomic E-state index is 0.134. The van der Waals surface area contributed by atoms with E-state index in [-0.39, 0.29) is 22.8 Å². The molecule has 4 saturated carbocycles. The summed E-state index contributed by atoms with van der Waals surface area (Å²) in [5.74, 6) is 2.82. The molecule has 1 heterocycles. The molecule has 0 aromatic rings. The molecule has 0 aromatic carbocycles. The molecule has 5 rings (SSSR count). The van der Waals surface area contributed by atoms with Gasteiger partial charge in [-0.2, -0.15) is 0 Å². The molecule has 4 aliphatic carbocycles. The van der Waals surface area contributed by atoms with E-state index < -0.39 is 15.4 Å². The Morgan fingerprint density at radius 3 is 1.95 bits per heavy atom. The fourth-order valence-corrected chi connectivity index (χ4v) is 8.41. The third-order valence-corrected chi connectivity index (χ3v) is 8.98. The van der Waals surface area contributed by atoms with E-state index in [1.807, 2.05) is 18.9 Å². The molecule has 1 aliphatic heterocycles. The average Bonchev–Trinajstić information content (AvgIpc) is 2.71. The lowest BCUT2D eigenvalue weighted by Crippen LogP contribution is -2.58. The Labute approximate surface area is 133 Å². The van der Waals surface area contributed by atoms with Gasteiger partial charge < -0.3 is 4.90 Å².